The van der Waals surface area contributed by atoms with Crippen LogP contribution in [-0.2, 0) is 0 Å². The molecule has 0 aliphatic carbocycles. The third-order valence-electron chi connectivity index (χ3n) is 27.8. The molecule has 0 fully saturated rings. The van der Waals surface area contributed by atoms with Crippen molar-refractivity contribution in [1.82, 2.24) is 46.1 Å². The molecule has 0 unspecified atom stereocenters. The Bertz CT molecular complexity index is 10200. The van der Waals surface area contributed by atoms with Crippen LogP contribution in [0.1, 0.15) is 0 Å². The number of aromatic nitrogens is 10. The van der Waals surface area contributed by atoms with Crippen LogP contribution in [0, 0.1) is 0 Å². The Kier molecular flexibility index (Phi) is 15.9. The lowest BCUT2D eigenvalue weighted by Crippen LogP contribution is -1.99. The third kappa shape index (κ3) is 11.0. The first-order valence-corrected chi connectivity index (χ1v) is 45.7. The van der Waals surface area contributed by atoms with E-state index in [0.29, 0.717) is 0 Å². The van der Waals surface area contributed by atoms with E-state index >= 15 is 0 Å². The summed E-state index contributed by atoms with van der Waals surface area (Å²) < 4.78 is 74.0. The third-order valence-corrected chi connectivity index (χ3v) is 27.8. The predicted octanol–water partition coefficient (Wildman–Crippen LogP) is 32.0. The number of nitrogens with zero attached hydrogens (tertiary/aromatic N) is 10. The first kappa shape index (κ1) is 75.4. The van der Waals surface area contributed by atoms with Crippen molar-refractivity contribution < 1.29 is 39.8 Å². The number of furan rings is 9. The van der Waals surface area contributed by atoms with Gasteiger partial charge < -0.3 is 39.8 Å². The van der Waals surface area contributed by atoms with Gasteiger partial charge in [0.25, 0.3) is 0 Å². The molecule has 19 nitrogen and oxygen atoms in total. The summed E-state index contributed by atoms with van der Waals surface area (Å²) in [4.78, 5) is 5.20. The van der Waals surface area contributed by atoms with Crippen LogP contribution >= 0.6 is 0 Å². The van der Waals surface area contributed by atoms with Crippen LogP contribution in [-0.4, -0.2) is 46.1 Å². The lowest BCUT2D eigenvalue weighted by atomic mass is 10.0. The molecule has 13 aromatic carbocycles. The summed E-state index contributed by atoms with van der Waals surface area (Å²) in [5, 5.41) is 20.1. The number of pyridine rings is 1. The molecule has 0 saturated heterocycles. The SMILES string of the molecule is c1cc(-c2cccc(-n3c4ccc(-n5c6ccccc6c6ccoc65)cc4c4ccoc43)c2)cc(-n2c3ccccc3c3ccoc32)c1.c1cc(-c2cccc(-n3c4ccc(-n5c6ccccc6c6ccoc65)cc4c4ccoc43)n2)cc(-n2c3ccccc3c3ccoc32)c1.c1cc(-n2c3ccccc3c3ccoc32)cc(-n2c3ccc(-n4c5ccccc5c5ccoc54)cc3c3ccoc32)c1. The van der Waals surface area contributed by atoms with Crippen molar-refractivity contribution in [3.63, 3.8) is 0 Å². The van der Waals surface area contributed by atoms with Crippen molar-refractivity contribution in [2.24, 2.45) is 0 Å². The van der Waals surface area contributed by atoms with Crippen molar-refractivity contribution in [2.45, 2.75) is 0 Å². The van der Waals surface area contributed by atoms with Gasteiger partial charge >= 0.3 is 0 Å². The molecule has 0 bridgehead atoms. The van der Waals surface area contributed by atoms with Gasteiger partial charge in [0.05, 0.1) is 123 Å². The van der Waals surface area contributed by atoms with E-state index in [1.54, 1.807) is 56.4 Å². The Labute approximate surface area is 779 Å². The molecule has 19 heteroatoms. The van der Waals surface area contributed by atoms with E-state index < -0.39 is 0 Å². The van der Waals surface area contributed by atoms with Gasteiger partial charge in [0.2, 0.25) is 51.4 Å². The highest BCUT2D eigenvalue weighted by Crippen LogP contribution is 2.46. The molecule has 0 aliphatic rings. The molecule has 0 radical (unpaired) electrons. The van der Waals surface area contributed by atoms with E-state index in [1.807, 2.05) is 60.7 Å². The first-order chi connectivity index (χ1) is 68.5. The fraction of sp³-hybridized carbons (Fsp3) is 0. The van der Waals surface area contributed by atoms with Crippen LogP contribution in [0.25, 0.3) is 272 Å². The summed E-state index contributed by atoms with van der Waals surface area (Å²) in [5.74, 6) is 0.778. The summed E-state index contributed by atoms with van der Waals surface area (Å²) in [6.07, 6.45) is 15.8. The van der Waals surface area contributed by atoms with E-state index in [9.17, 15) is 0 Å². The van der Waals surface area contributed by atoms with E-state index in [2.05, 4.69) is 350 Å². The van der Waals surface area contributed by atoms with Crippen LogP contribution in [0.4, 0.5) is 0 Å². The van der Waals surface area contributed by atoms with Crippen molar-refractivity contribution in [1.29, 1.82) is 0 Å². The second-order valence-electron chi connectivity index (χ2n) is 35.0. The maximum atomic E-state index is 6.16. The second-order valence-corrected chi connectivity index (χ2v) is 35.0. The zero-order valence-electron chi connectivity index (χ0n) is 73.1. The van der Waals surface area contributed by atoms with Crippen molar-refractivity contribution in [3.05, 3.63) is 426 Å². The summed E-state index contributed by atoms with van der Waals surface area (Å²) in [6, 6.07) is 129. The highest BCUT2D eigenvalue weighted by molar-refractivity contribution is 6.16. The van der Waals surface area contributed by atoms with E-state index in [1.165, 1.54) is 21.5 Å². The molecule has 0 amide bonds. The average molecular weight is 1780 g/mol. The fourth-order valence-corrected chi connectivity index (χ4v) is 21.9. The summed E-state index contributed by atoms with van der Waals surface area (Å²) in [7, 11) is 0. The van der Waals surface area contributed by atoms with Crippen LogP contribution in [0.3, 0.4) is 0 Å². The van der Waals surface area contributed by atoms with Gasteiger partial charge in [0.15, 0.2) is 0 Å². The minimum Gasteiger partial charge on any atom is -0.447 e. The van der Waals surface area contributed by atoms with Crippen LogP contribution < -0.4 is 0 Å². The Balaban J connectivity index is 0.0000000981. The minimum absolute atomic E-state index is 0.750. The number of rotatable bonds is 11. The van der Waals surface area contributed by atoms with E-state index in [0.717, 1.165) is 250 Å². The standard InChI is InChI=1S/C42H25N3O3.C41H24N4O3.C36H21N3O3/c1-3-13-37-31(11-1)33-17-20-46-40(33)43(37)28-9-5-7-26(23-28)27-8-6-10-29(24-27)44-39-16-15-30(25-36(39)35-19-22-48-42(35)44)45-38-14-4-2-12-32(38)34-18-21-47-41(34)45;1-3-12-35-28(9-1)30-17-20-46-39(30)43(35)26-8-5-7-25(23-26)34-11-6-14-38(42-34)45-37-16-15-27(24-33(37)32-19-22-48-41(32)45)44-36-13-4-2-10-29(36)31-18-21-47-40(31)44;1-3-10-31-25(8-1)27-14-17-40-34(27)37(31)22-6-5-7-23(20-22)38-33-13-12-24(21-30(33)29-16-19-42-36(29)38)39-32-11-4-2-9-26(32)28-15-18-41-35(28)39/h1-25H;1-24H;1-21H. The molecule has 0 saturated carbocycles. The molecule has 19 heterocycles. The average Bonchev–Trinajstić information content (AvgIpc) is 1.57. The smallest absolute Gasteiger partial charge is 0.213 e. The minimum atomic E-state index is 0.750. The molecular formula is C119H70N10O9. The lowest BCUT2D eigenvalue weighted by Gasteiger charge is -2.12. The van der Waals surface area contributed by atoms with Crippen molar-refractivity contribution in [3.8, 4) is 73.7 Å². The van der Waals surface area contributed by atoms with E-state index in [-0.39, 0.29) is 0 Å². The number of benzene rings is 13. The lowest BCUT2D eigenvalue weighted by molar-refractivity contribution is 0.594. The highest BCUT2D eigenvalue weighted by Gasteiger charge is 2.28. The predicted molar refractivity (Wildman–Crippen MR) is 547 cm³/mol. The van der Waals surface area contributed by atoms with Gasteiger partial charge in [-0.15, -0.1) is 0 Å². The zero-order chi connectivity index (χ0) is 90.1. The number of hydrogen-bond acceptors (Lipinski definition) is 10. The first-order valence-electron chi connectivity index (χ1n) is 45.7. The molecule has 0 N–H and O–H groups in total. The van der Waals surface area contributed by atoms with Gasteiger partial charge in [0, 0.05) is 137 Å². The van der Waals surface area contributed by atoms with Gasteiger partial charge in [-0.25, -0.2) is 4.98 Å². The van der Waals surface area contributed by atoms with Gasteiger partial charge in [-0.3, -0.25) is 41.1 Å². The van der Waals surface area contributed by atoms with Gasteiger partial charge in [-0.05, 0) is 223 Å². The van der Waals surface area contributed by atoms with Crippen LogP contribution in [0.15, 0.2) is 466 Å². The normalized spacial score (nSPS) is 12.2. The monoisotopic (exact) mass is 1780 g/mol. The summed E-state index contributed by atoms with van der Waals surface area (Å²) in [5.41, 5.74) is 29.5. The zero-order valence-corrected chi connectivity index (χ0v) is 73.1. The Morgan fingerprint density at radius 2 is 0.348 bits per heavy atom. The molecule has 650 valence electrons. The fourth-order valence-electron chi connectivity index (χ4n) is 21.9. The van der Waals surface area contributed by atoms with Gasteiger partial charge in [-0.2, -0.15) is 0 Å². The van der Waals surface area contributed by atoms with Crippen molar-refractivity contribution >= 4 is 198 Å². The molecule has 0 atom stereocenters. The molecular weight excluding hydrogens is 1710 g/mol. The highest BCUT2D eigenvalue weighted by atomic mass is 16.4. The largest absolute Gasteiger partial charge is 0.447 e. The van der Waals surface area contributed by atoms with Crippen LogP contribution in [0.2, 0.25) is 0 Å². The number of fused-ring (bicyclic) bond motifs is 27. The van der Waals surface area contributed by atoms with Crippen molar-refractivity contribution in [2.75, 3.05) is 0 Å². The quantitative estimate of drug-likeness (QED) is 0.121. The summed E-state index contributed by atoms with van der Waals surface area (Å²) >= 11 is 0. The number of para-hydroxylation sites is 6. The maximum absolute atomic E-state index is 6.16. The molecule has 19 aromatic heterocycles. The molecule has 0 aliphatic heterocycles. The molecule has 32 rings (SSSR count). The van der Waals surface area contributed by atoms with Crippen LogP contribution in [0.5, 0.6) is 0 Å². The van der Waals surface area contributed by atoms with Gasteiger partial charge in [-0.1, -0.05) is 158 Å². The van der Waals surface area contributed by atoms with Gasteiger partial charge in [0.1, 0.15) is 5.82 Å². The Morgan fingerprint density at radius 3 is 0.638 bits per heavy atom. The number of hydrogen-bond donors (Lipinski definition) is 0. The van der Waals surface area contributed by atoms with E-state index in [4.69, 9.17) is 44.7 Å². The Hall–Kier alpha value is -19.3. The molecule has 138 heavy (non-hydrogen) atoms. The summed E-state index contributed by atoms with van der Waals surface area (Å²) in [6.45, 7) is 0. The molecule has 0 spiro atoms. The second kappa shape index (κ2) is 29.1. The molecule has 32 aromatic rings. The Morgan fingerprint density at radius 1 is 0.138 bits per heavy atom. The maximum Gasteiger partial charge on any atom is 0.213 e. The topological polar surface area (TPSA) is 176 Å².